The molecule has 0 aliphatic heterocycles. The summed E-state index contributed by atoms with van der Waals surface area (Å²) in [7, 11) is 0. The molecule has 0 atom stereocenters. The average Bonchev–Trinajstić information content (AvgIpc) is 2.36. The van der Waals surface area contributed by atoms with Gasteiger partial charge < -0.3 is 5.32 Å². The van der Waals surface area contributed by atoms with E-state index in [0.717, 1.165) is 34.6 Å². The maximum absolute atomic E-state index is 4.54. The number of nitrogens with one attached hydrogen (secondary N) is 1. The number of hydrogen-bond acceptors (Lipinski definition) is 4. The number of hydrogen-bond donors (Lipinski definition) is 1. The Labute approximate surface area is 115 Å². The molecule has 2 rings (SSSR count). The highest BCUT2D eigenvalue weighted by Gasteiger charge is 2.09. The Hall–Kier alpha value is -1.33. The van der Waals surface area contributed by atoms with Crippen molar-refractivity contribution in [2.45, 2.75) is 20.4 Å². The lowest BCUT2D eigenvalue weighted by Gasteiger charge is -2.07. The molecule has 94 valence electrons. The maximum atomic E-state index is 4.54. The number of nitrogens with zero attached hydrogens (tertiary/aromatic N) is 3. The van der Waals surface area contributed by atoms with E-state index in [4.69, 9.17) is 0 Å². The predicted octanol–water partition coefficient (Wildman–Crippen LogP) is 2.72. The number of aryl methyl sites for hydroxylation is 1. The molecule has 0 saturated carbocycles. The standard InChI is InChI=1S/C13H15BrN4/c1-3-15-8-10-7-9(2)17-13(18-10)12-11(14)5-4-6-16-12/h4-7,15H,3,8H2,1-2H3. The molecule has 0 aliphatic carbocycles. The molecule has 0 saturated heterocycles. The third-order valence-corrected chi connectivity index (χ3v) is 3.07. The lowest BCUT2D eigenvalue weighted by atomic mass is 10.3. The highest BCUT2D eigenvalue weighted by molar-refractivity contribution is 9.10. The Morgan fingerprint density at radius 2 is 2.17 bits per heavy atom. The van der Waals surface area contributed by atoms with Gasteiger partial charge >= 0.3 is 0 Å². The summed E-state index contributed by atoms with van der Waals surface area (Å²) in [6, 6.07) is 5.81. The maximum Gasteiger partial charge on any atom is 0.179 e. The van der Waals surface area contributed by atoms with Crippen LogP contribution in [0.5, 0.6) is 0 Å². The van der Waals surface area contributed by atoms with E-state index in [1.54, 1.807) is 6.20 Å². The van der Waals surface area contributed by atoms with Gasteiger partial charge in [0.25, 0.3) is 0 Å². The fourth-order valence-electron chi connectivity index (χ4n) is 1.63. The second-order valence-corrected chi connectivity index (χ2v) is 4.79. The summed E-state index contributed by atoms with van der Waals surface area (Å²) in [5, 5.41) is 3.26. The van der Waals surface area contributed by atoms with Crippen LogP contribution in [0.3, 0.4) is 0 Å². The molecule has 0 unspecified atom stereocenters. The van der Waals surface area contributed by atoms with Crippen LogP contribution in [-0.2, 0) is 6.54 Å². The Kier molecular flexibility index (Phi) is 4.38. The van der Waals surface area contributed by atoms with Crippen LogP contribution in [0, 0.1) is 6.92 Å². The molecule has 0 fully saturated rings. The minimum Gasteiger partial charge on any atom is -0.311 e. The predicted molar refractivity (Wildman–Crippen MR) is 75.1 cm³/mol. The summed E-state index contributed by atoms with van der Waals surface area (Å²) < 4.78 is 0.907. The van der Waals surface area contributed by atoms with Gasteiger partial charge in [0.15, 0.2) is 5.82 Å². The third kappa shape index (κ3) is 3.11. The van der Waals surface area contributed by atoms with Gasteiger partial charge in [0, 0.05) is 22.9 Å². The number of rotatable bonds is 4. The van der Waals surface area contributed by atoms with Crippen molar-refractivity contribution >= 4 is 15.9 Å². The minimum atomic E-state index is 0.662. The van der Waals surface area contributed by atoms with Crippen molar-refractivity contribution in [1.29, 1.82) is 0 Å². The van der Waals surface area contributed by atoms with Gasteiger partial charge in [-0.3, -0.25) is 4.98 Å². The number of pyridine rings is 1. The van der Waals surface area contributed by atoms with Gasteiger partial charge in [0.2, 0.25) is 0 Å². The zero-order chi connectivity index (χ0) is 13.0. The fourth-order valence-corrected chi connectivity index (χ4v) is 2.07. The normalized spacial score (nSPS) is 10.6. The highest BCUT2D eigenvalue weighted by Crippen LogP contribution is 2.22. The zero-order valence-electron chi connectivity index (χ0n) is 10.4. The van der Waals surface area contributed by atoms with Crippen LogP contribution in [0.25, 0.3) is 11.5 Å². The summed E-state index contributed by atoms with van der Waals surface area (Å²) in [5.74, 6) is 0.662. The summed E-state index contributed by atoms with van der Waals surface area (Å²) >= 11 is 3.48. The van der Waals surface area contributed by atoms with Crippen molar-refractivity contribution in [2.75, 3.05) is 6.54 Å². The number of halogens is 1. The third-order valence-electron chi connectivity index (χ3n) is 2.43. The van der Waals surface area contributed by atoms with E-state index in [-0.39, 0.29) is 0 Å². The lowest BCUT2D eigenvalue weighted by Crippen LogP contribution is -2.14. The van der Waals surface area contributed by atoms with Crippen LogP contribution in [-0.4, -0.2) is 21.5 Å². The molecule has 4 nitrogen and oxygen atoms in total. The molecule has 0 bridgehead atoms. The monoisotopic (exact) mass is 306 g/mol. The Morgan fingerprint density at radius 1 is 1.33 bits per heavy atom. The van der Waals surface area contributed by atoms with E-state index in [1.165, 1.54) is 0 Å². The highest BCUT2D eigenvalue weighted by atomic mass is 79.9. The fraction of sp³-hybridized carbons (Fsp3) is 0.308. The summed E-state index contributed by atoms with van der Waals surface area (Å²) in [6.45, 7) is 5.71. The molecule has 0 aromatic carbocycles. The Balaban J connectivity index is 2.39. The molecular weight excluding hydrogens is 292 g/mol. The lowest BCUT2D eigenvalue weighted by molar-refractivity contribution is 0.707. The molecule has 5 heteroatoms. The van der Waals surface area contributed by atoms with Crippen LogP contribution < -0.4 is 5.32 Å². The first-order valence-corrected chi connectivity index (χ1v) is 6.66. The smallest absolute Gasteiger partial charge is 0.179 e. The van der Waals surface area contributed by atoms with E-state index in [0.29, 0.717) is 5.82 Å². The molecular formula is C13H15BrN4. The van der Waals surface area contributed by atoms with Crippen molar-refractivity contribution in [3.8, 4) is 11.5 Å². The van der Waals surface area contributed by atoms with E-state index in [1.807, 2.05) is 25.1 Å². The van der Waals surface area contributed by atoms with Crippen LogP contribution >= 0.6 is 15.9 Å². The van der Waals surface area contributed by atoms with Gasteiger partial charge in [0.1, 0.15) is 5.69 Å². The SMILES string of the molecule is CCNCc1cc(C)nc(-c2ncccc2Br)n1. The van der Waals surface area contributed by atoms with Gasteiger partial charge in [-0.05, 0) is 47.6 Å². The second-order valence-electron chi connectivity index (χ2n) is 3.94. The van der Waals surface area contributed by atoms with Crippen molar-refractivity contribution < 1.29 is 0 Å². The molecule has 1 N–H and O–H groups in total. The first-order valence-electron chi connectivity index (χ1n) is 5.87. The van der Waals surface area contributed by atoms with Gasteiger partial charge in [-0.2, -0.15) is 0 Å². The first-order chi connectivity index (χ1) is 8.70. The van der Waals surface area contributed by atoms with Crippen molar-refractivity contribution in [1.82, 2.24) is 20.3 Å². The van der Waals surface area contributed by atoms with Crippen LogP contribution in [0.1, 0.15) is 18.3 Å². The molecule has 0 spiro atoms. The van der Waals surface area contributed by atoms with Gasteiger partial charge in [0.05, 0.1) is 5.69 Å². The van der Waals surface area contributed by atoms with Crippen LogP contribution in [0.2, 0.25) is 0 Å². The minimum absolute atomic E-state index is 0.662. The van der Waals surface area contributed by atoms with Gasteiger partial charge in [-0.25, -0.2) is 9.97 Å². The molecule has 18 heavy (non-hydrogen) atoms. The molecule has 0 amide bonds. The van der Waals surface area contributed by atoms with Crippen LogP contribution in [0.4, 0.5) is 0 Å². The van der Waals surface area contributed by atoms with Gasteiger partial charge in [-0.1, -0.05) is 6.92 Å². The van der Waals surface area contributed by atoms with Gasteiger partial charge in [-0.15, -0.1) is 0 Å². The average molecular weight is 307 g/mol. The quantitative estimate of drug-likeness (QED) is 0.943. The van der Waals surface area contributed by atoms with E-state index >= 15 is 0 Å². The molecule has 2 aromatic rings. The second kappa shape index (κ2) is 6.02. The van der Waals surface area contributed by atoms with E-state index in [2.05, 4.69) is 43.1 Å². The van der Waals surface area contributed by atoms with E-state index in [9.17, 15) is 0 Å². The topological polar surface area (TPSA) is 50.7 Å². The number of aromatic nitrogens is 3. The van der Waals surface area contributed by atoms with E-state index < -0.39 is 0 Å². The molecule has 0 aliphatic rings. The molecule has 2 aromatic heterocycles. The van der Waals surface area contributed by atoms with Crippen molar-refractivity contribution in [3.63, 3.8) is 0 Å². The zero-order valence-corrected chi connectivity index (χ0v) is 12.0. The summed E-state index contributed by atoms with van der Waals surface area (Å²) in [5.41, 5.74) is 2.71. The Morgan fingerprint density at radius 3 is 2.89 bits per heavy atom. The molecule has 2 heterocycles. The molecule has 0 radical (unpaired) electrons. The largest absolute Gasteiger partial charge is 0.311 e. The first kappa shape index (κ1) is 13.1. The summed E-state index contributed by atoms with van der Waals surface area (Å²) in [4.78, 5) is 13.3. The summed E-state index contributed by atoms with van der Waals surface area (Å²) in [6.07, 6.45) is 1.75. The van der Waals surface area contributed by atoms with Crippen molar-refractivity contribution in [3.05, 3.63) is 40.3 Å². The Bertz CT molecular complexity index is 542. The van der Waals surface area contributed by atoms with Crippen molar-refractivity contribution in [2.24, 2.45) is 0 Å². The van der Waals surface area contributed by atoms with Crippen LogP contribution in [0.15, 0.2) is 28.9 Å².